The minimum absolute atomic E-state index is 0.158. The number of benzene rings is 1. The quantitative estimate of drug-likeness (QED) is 0.773. The van der Waals surface area contributed by atoms with E-state index in [2.05, 4.69) is 0 Å². The van der Waals surface area contributed by atoms with Crippen LogP contribution in [0.3, 0.4) is 0 Å². The van der Waals surface area contributed by atoms with E-state index in [4.69, 9.17) is 17.3 Å². The van der Waals surface area contributed by atoms with Crippen LogP contribution >= 0.6 is 11.6 Å². The summed E-state index contributed by atoms with van der Waals surface area (Å²) in [6.45, 7) is 3.19. The Balaban J connectivity index is 3.05. The van der Waals surface area contributed by atoms with Gasteiger partial charge in [-0.05, 0) is 39.2 Å². The van der Waals surface area contributed by atoms with Crippen LogP contribution in [-0.2, 0) is 10.0 Å². The van der Waals surface area contributed by atoms with Crippen molar-refractivity contribution in [1.82, 2.24) is 9.21 Å². The Morgan fingerprint density at radius 1 is 1.29 bits per heavy atom. The molecule has 0 saturated heterocycles. The van der Waals surface area contributed by atoms with Crippen molar-refractivity contribution in [2.45, 2.75) is 18.2 Å². The number of nitrogens with two attached hydrogens (primary N) is 1. The molecule has 8 heteroatoms. The first-order valence-electron chi connectivity index (χ1n) is 6.59. The van der Waals surface area contributed by atoms with E-state index < -0.39 is 15.8 Å². The molecule has 0 fully saturated rings. The smallest absolute Gasteiger partial charge is 0.244 e. The Labute approximate surface area is 130 Å². The highest BCUT2D eigenvalue weighted by molar-refractivity contribution is 7.89. The maximum atomic E-state index is 13.3. The highest BCUT2D eigenvalue weighted by Crippen LogP contribution is 2.28. The second-order valence-electron chi connectivity index (χ2n) is 4.96. The maximum absolute atomic E-state index is 13.3. The molecule has 21 heavy (non-hydrogen) atoms. The second kappa shape index (κ2) is 7.40. The molecule has 0 aliphatic rings. The average molecular weight is 338 g/mol. The number of hydrogen-bond donors (Lipinski definition) is 1. The molecule has 5 nitrogen and oxygen atoms in total. The predicted molar refractivity (Wildman–Crippen MR) is 83.4 cm³/mol. The highest BCUT2D eigenvalue weighted by Gasteiger charge is 2.26. The number of nitrogen functional groups attached to an aromatic ring is 1. The minimum Gasteiger partial charge on any atom is -0.396 e. The summed E-state index contributed by atoms with van der Waals surface area (Å²) >= 11 is 5.86. The van der Waals surface area contributed by atoms with Crippen molar-refractivity contribution in [2.24, 2.45) is 0 Å². The summed E-state index contributed by atoms with van der Waals surface area (Å²) in [6, 6.07) is 2.00. The summed E-state index contributed by atoms with van der Waals surface area (Å²) in [6.07, 6.45) is 0.689. The highest BCUT2D eigenvalue weighted by atomic mass is 35.5. The van der Waals surface area contributed by atoms with Gasteiger partial charge >= 0.3 is 0 Å². The van der Waals surface area contributed by atoms with Crippen LogP contribution in [0.15, 0.2) is 17.0 Å². The van der Waals surface area contributed by atoms with Crippen LogP contribution in [0.4, 0.5) is 10.1 Å². The molecule has 120 valence electrons. The van der Waals surface area contributed by atoms with E-state index in [9.17, 15) is 12.8 Å². The van der Waals surface area contributed by atoms with Gasteiger partial charge in [0.1, 0.15) is 10.7 Å². The van der Waals surface area contributed by atoms with Crippen molar-refractivity contribution >= 4 is 27.3 Å². The van der Waals surface area contributed by atoms with Gasteiger partial charge in [0.15, 0.2) is 0 Å². The first-order valence-corrected chi connectivity index (χ1v) is 8.41. The molecule has 0 unspecified atom stereocenters. The molecule has 0 saturated carbocycles. The summed E-state index contributed by atoms with van der Waals surface area (Å²) in [7, 11) is 0.0551. The van der Waals surface area contributed by atoms with Gasteiger partial charge < -0.3 is 10.6 Å². The number of sulfonamides is 1. The second-order valence-corrected chi connectivity index (χ2v) is 7.27. The van der Waals surface area contributed by atoms with Gasteiger partial charge in [0.05, 0.1) is 10.7 Å². The lowest BCUT2D eigenvalue weighted by atomic mass is 10.3. The summed E-state index contributed by atoms with van der Waals surface area (Å²) in [5.41, 5.74) is 5.21. The monoisotopic (exact) mass is 337 g/mol. The molecular formula is C13H21ClFN3O2S. The number of rotatable bonds is 7. The fourth-order valence-corrected chi connectivity index (χ4v) is 3.90. The van der Waals surface area contributed by atoms with Gasteiger partial charge in [-0.2, -0.15) is 4.31 Å². The van der Waals surface area contributed by atoms with E-state index >= 15 is 0 Å². The van der Waals surface area contributed by atoms with Crippen LogP contribution in [0.1, 0.15) is 13.3 Å². The minimum atomic E-state index is -3.78. The molecule has 0 atom stereocenters. The number of hydrogen-bond acceptors (Lipinski definition) is 4. The SMILES string of the molecule is CCN(CCCN(C)C)S(=O)(=O)c1cc(N)c(F)cc1Cl. The lowest BCUT2D eigenvalue weighted by molar-refractivity contribution is 0.356. The van der Waals surface area contributed by atoms with Gasteiger partial charge in [0.25, 0.3) is 0 Å². The molecule has 0 aromatic heterocycles. The third-order valence-electron chi connectivity index (χ3n) is 3.03. The fraction of sp³-hybridized carbons (Fsp3) is 0.538. The van der Waals surface area contributed by atoms with Crippen molar-refractivity contribution in [3.63, 3.8) is 0 Å². The molecule has 1 rings (SSSR count). The van der Waals surface area contributed by atoms with E-state index in [-0.39, 0.29) is 15.6 Å². The molecule has 0 radical (unpaired) electrons. The summed E-state index contributed by atoms with van der Waals surface area (Å²) in [5.74, 6) is -0.727. The molecule has 2 N–H and O–H groups in total. The zero-order chi connectivity index (χ0) is 16.2. The number of nitrogens with zero attached hydrogens (tertiary/aromatic N) is 2. The maximum Gasteiger partial charge on any atom is 0.244 e. The molecule has 1 aromatic carbocycles. The first-order chi connectivity index (χ1) is 9.70. The fourth-order valence-electron chi connectivity index (χ4n) is 1.89. The zero-order valence-electron chi connectivity index (χ0n) is 12.4. The molecule has 1 aromatic rings. The molecule has 0 bridgehead atoms. The Hall–Kier alpha value is -0.890. The summed E-state index contributed by atoms with van der Waals surface area (Å²) < 4.78 is 39.8. The summed E-state index contributed by atoms with van der Waals surface area (Å²) in [5, 5.41) is -0.159. The average Bonchev–Trinajstić information content (AvgIpc) is 2.38. The third kappa shape index (κ3) is 4.54. The van der Waals surface area contributed by atoms with Crippen molar-refractivity contribution in [2.75, 3.05) is 39.5 Å². The van der Waals surface area contributed by atoms with Crippen LogP contribution < -0.4 is 5.73 Å². The van der Waals surface area contributed by atoms with E-state index in [0.29, 0.717) is 19.5 Å². The van der Waals surface area contributed by atoms with Crippen LogP contribution in [0.25, 0.3) is 0 Å². The van der Waals surface area contributed by atoms with Gasteiger partial charge in [-0.1, -0.05) is 18.5 Å². The van der Waals surface area contributed by atoms with Gasteiger partial charge in [0.2, 0.25) is 10.0 Å². The van der Waals surface area contributed by atoms with Gasteiger partial charge in [-0.3, -0.25) is 0 Å². The van der Waals surface area contributed by atoms with E-state index in [1.54, 1.807) is 6.92 Å². The predicted octanol–water partition coefficient (Wildman–Crippen LogP) is 2.02. The Morgan fingerprint density at radius 2 is 1.90 bits per heavy atom. The first kappa shape index (κ1) is 18.2. The van der Waals surface area contributed by atoms with E-state index in [1.807, 2.05) is 19.0 Å². The van der Waals surface area contributed by atoms with Crippen LogP contribution in [0.2, 0.25) is 5.02 Å². The Morgan fingerprint density at radius 3 is 2.43 bits per heavy atom. The number of halogens is 2. The molecule has 0 spiro atoms. The van der Waals surface area contributed by atoms with Gasteiger partial charge in [-0.25, -0.2) is 12.8 Å². The molecular weight excluding hydrogens is 317 g/mol. The van der Waals surface area contributed by atoms with Crippen LogP contribution in [0, 0.1) is 5.82 Å². The largest absolute Gasteiger partial charge is 0.396 e. The van der Waals surface area contributed by atoms with Crippen LogP contribution in [0.5, 0.6) is 0 Å². The summed E-state index contributed by atoms with van der Waals surface area (Å²) in [4.78, 5) is 1.82. The molecule has 0 aliphatic heterocycles. The molecule has 0 aliphatic carbocycles. The molecule has 0 amide bonds. The van der Waals surface area contributed by atoms with Crippen molar-refractivity contribution in [3.05, 3.63) is 23.0 Å². The van der Waals surface area contributed by atoms with Crippen molar-refractivity contribution in [3.8, 4) is 0 Å². The molecule has 0 heterocycles. The third-order valence-corrected chi connectivity index (χ3v) is 5.47. The van der Waals surface area contributed by atoms with Gasteiger partial charge in [-0.15, -0.1) is 0 Å². The lowest BCUT2D eigenvalue weighted by Crippen LogP contribution is -2.33. The van der Waals surface area contributed by atoms with Crippen molar-refractivity contribution in [1.29, 1.82) is 0 Å². The van der Waals surface area contributed by atoms with Crippen LogP contribution in [-0.4, -0.2) is 51.4 Å². The van der Waals surface area contributed by atoms with Gasteiger partial charge in [0, 0.05) is 13.1 Å². The standard InChI is InChI=1S/C13H21ClFN3O2S/c1-4-18(7-5-6-17(2)3)21(19,20)13-9-12(16)11(15)8-10(13)14/h8-9H,4-7,16H2,1-3H3. The normalized spacial score (nSPS) is 12.3. The number of anilines is 1. The van der Waals surface area contributed by atoms with E-state index in [0.717, 1.165) is 18.7 Å². The van der Waals surface area contributed by atoms with Crippen molar-refractivity contribution < 1.29 is 12.8 Å². The Kier molecular flexibility index (Phi) is 6.40. The zero-order valence-corrected chi connectivity index (χ0v) is 14.0. The lowest BCUT2D eigenvalue weighted by Gasteiger charge is -2.22. The Bertz CT molecular complexity index is 593. The topological polar surface area (TPSA) is 66.6 Å². The van der Waals surface area contributed by atoms with E-state index in [1.165, 1.54) is 4.31 Å².